The summed E-state index contributed by atoms with van der Waals surface area (Å²) in [5.41, 5.74) is 0. The summed E-state index contributed by atoms with van der Waals surface area (Å²) in [7, 11) is -1.46. The van der Waals surface area contributed by atoms with Crippen molar-refractivity contribution in [2.45, 2.75) is 38.9 Å². The maximum atomic E-state index is 7.83. The SMILES string of the molecule is CC(C)(C)[Si](C)(C)OCCBr.OCCBr. The van der Waals surface area contributed by atoms with Gasteiger partial charge in [-0.05, 0) is 18.1 Å². The average molecular weight is 364 g/mol. The van der Waals surface area contributed by atoms with Crippen LogP contribution in [0.1, 0.15) is 20.8 Å². The Kier molecular flexibility index (Phi) is 11.3. The summed E-state index contributed by atoms with van der Waals surface area (Å²) >= 11 is 6.36. The standard InChI is InChI=1S/C8H19BrOSi.C2H5BrO/c1-8(2,3)11(4,5)10-7-6-9;3-1-2-4/h6-7H2,1-5H3;4H,1-2H2. The highest BCUT2D eigenvalue weighted by molar-refractivity contribution is 9.09. The first-order valence-electron chi connectivity index (χ1n) is 5.09. The van der Waals surface area contributed by atoms with Gasteiger partial charge in [0, 0.05) is 17.3 Å². The minimum absolute atomic E-state index is 0.236. The summed E-state index contributed by atoms with van der Waals surface area (Å²) < 4.78 is 5.84. The fourth-order valence-electron chi connectivity index (χ4n) is 0.510. The van der Waals surface area contributed by atoms with E-state index in [2.05, 4.69) is 65.7 Å². The zero-order valence-electron chi connectivity index (χ0n) is 10.4. The van der Waals surface area contributed by atoms with Gasteiger partial charge in [0.2, 0.25) is 0 Å². The zero-order chi connectivity index (χ0) is 12.5. The third kappa shape index (κ3) is 9.99. The largest absolute Gasteiger partial charge is 0.416 e. The molecule has 0 saturated heterocycles. The van der Waals surface area contributed by atoms with E-state index in [0.29, 0.717) is 10.4 Å². The Morgan fingerprint density at radius 2 is 1.53 bits per heavy atom. The van der Waals surface area contributed by atoms with Gasteiger partial charge in [0.1, 0.15) is 0 Å². The molecule has 0 aliphatic rings. The smallest absolute Gasteiger partial charge is 0.192 e. The Morgan fingerprint density at radius 3 is 1.73 bits per heavy atom. The first-order chi connectivity index (χ1) is 6.72. The van der Waals surface area contributed by atoms with Crippen LogP contribution in [0, 0.1) is 0 Å². The van der Waals surface area contributed by atoms with E-state index in [-0.39, 0.29) is 6.61 Å². The summed E-state index contributed by atoms with van der Waals surface area (Å²) in [4.78, 5) is 0. The predicted octanol–water partition coefficient (Wildman–Crippen LogP) is 3.78. The molecule has 0 unspecified atom stereocenters. The molecule has 2 nitrogen and oxygen atoms in total. The molecular formula is C10H24Br2O2Si. The second kappa shape index (κ2) is 9.16. The van der Waals surface area contributed by atoms with Crippen LogP contribution >= 0.6 is 31.9 Å². The van der Waals surface area contributed by atoms with Crippen molar-refractivity contribution < 1.29 is 9.53 Å². The van der Waals surface area contributed by atoms with Crippen molar-refractivity contribution in [1.82, 2.24) is 0 Å². The van der Waals surface area contributed by atoms with Gasteiger partial charge >= 0.3 is 0 Å². The molecule has 0 aliphatic carbocycles. The molecule has 5 heteroatoms. The second-order valence-corrected chi connectivity index (χ2v) is 11.1. The number of hydrogen-bond donors (Lipinski definition) is 1. The van der Waals surface area contributed by atoms with Crippen molar-refractivity contribution in [3.8, 4) is 0 Å². The van der Waals surface area contributed by atoms with E-state index in [4.69, 9.17) is 9.53 Å². The van der Waals surface area contributed by atoms with Crippen LogP contribution in [0.4, 0.5) is 0 Å². The number of aliphatic hydroxyl groups excluding tert-OH is 1. The molecule has 0 radical (unpaired) electrons. The van der Waals surface area contributed by atoms with Crippen LogP contribution in [0.15, 0.2) is 0 Å². The molecule has 0 saturated carbocycles. The van der Waals surface area contributed by atoms with Crippen molar-refractivity contribution in [2.24, 2.45) is 0 Å². The quantitative estimate of drug-likeness (QED) is 0.608. The lowest BCUT2D eigenvalue weighted by atomic mass is 10.2. The normalized spacial score (nSPS) is 12.0. The van der Waals surface area contributed by atoms with E-state index in [0.717, 1.165) is 11.9 Å². The monoisotopic (exact) mass is 362 g/mol. The summed E-state index contributed by atoms with van der Waals surface area (Å²) in [5, 5.41) is 9.80. The van der Waals surface area contributed by atoms with Crippen molar-refractivity contribution >= 4 is 40.2 Å². The van der Waals surface area contributed by atoms with Crippen LogP contribution in [0.5, 0.6) is 0 Å². The molecule has 1 N–H and O–H groups in total. The molecule has 0 aromatic rings. The summed E-state index contributed by atoms with van der Waals surface area (Å²) in [5.74, 6) is 0. The van der Waals surface area contributed by atoms with Crippen LogP contribution < -0.4 is 0 Å². The third-order valence-electron chi connectivity index (χ3n) is 2.43. The molecule has 0 atom stereocenters. The number of halogens is 2. The number of aliphatic hydroxyl groups is 1. The van der Waals surface area contributed by atoms with Gasteiger partial charge in [0.25, 0.3) is 0 Å². The molecule has 0 aliphatic heterocycles. The highest BCUT2D eigenvalue weighted by Gasteiger charge is 2.36. The van der Waals surface area contributed by atoms with Crippen molar-refractivity contribution in [3.63, 3.8) is 0 Å². The van der Waals surface area contributed by atoms with Gasteiger partial charge in [-0.15, -0.1) is 0 Å². The first kappa shape index (κ1) is 18.5. The Balaban J connectivity index is 0. The minimum atomic E-state index is -1.46. The Labute approximate surface area is 112 Å². The van der Waals surface area contributed by atoms with Gasteiger partial charge in [-0.1, -0.05) is 52.6 Å². The molecule has 15 heavy (non-hydrogen) atoms. The van der Waals surface area contributed by atoms with Gasteiger partial charge in [0.15, 0.2) is 8.32 Å². The molecule has 0 aromatic carbocycles. The fraction of sp³-hybridized carbons (Fsp3) is 1.00. The minimum Gasteiger partial charge on any atom is -0.416 e. The van der Waals surface area contributed by atoms with E-state index < -0.39 is 8.32 Å². The predicted molar refractivity (Wildman–Crippen MR) is 77.8 cm³/mol. The zero-order valence-corrected chi connectivity index (χ0v) is 14.6. The van der Waals surface area contributed by atoms with E-state index in [1.807, 2.05) is 0 Å². The number of alkyl halides is 2. The van der Waals surface area contributed by atoms with E-state index in [1.54, 1.807) is 0 Å². The van der Waals surface area contributed by atoms with E-state index >= 15 is 0 Å². The van der Waals surface area contributed by atoms with E-state index in [1.165, 1.54) is 0 Å². The molecular weight excluding hydrogens is 340 g/mol. The summed E-state index contributed by atoms with van der Waals surface area (Å²) in [6.45, 7) is 12.4. The average Bonchev–Trinajstić information content (AvgIpc) is 2.13. The second-order valence-electron chi connectivity index (χ2n) is 4.71. The molecule has 0 heterocycles. The van der Waals surface area contributed by atoms with Crippen LogP contribution in [0.3, 0.4) is 0 Å². The van der Waals surface area contributed by atoms with Gasteiger partial charge < -0.3 is 9.53 Å². The molecule has 0 rings (SSSR count). The Hall–Kier alpha value is 1.10. The Bertz CT molecular complexity index is 145. The molecule has 0 aromatic heterocycles. The summed E-state index contributed by atoms with van der Waals surface area (Å²) in [6, 6.07) is 0. The lowest BCUT2D eigenvalue weighted by Crippen LogP contribution is -2.41. The van der Waals surface area contributed by atoms with Gasteiger partial charge in [-0.3, -0.25) is 0 Å². The fourth-order valence-corrected chi connectivity index (χ4v) is 2.02. The lowest BCUT2D eigenvalue weighted by molar-refractivity contribution is 0.312. The van der Waals surface area contributed by atoms with Gasteiger partial charge in [-0.2, -0.15) is 0 Å². The van der Waals surface area contributed by atoms with Gasteiger partial charge in [0.05, 0.1) is 6.61 Å². The summed E-state index contributed by atoms with van der Waals surface area (Å²) in [6.07, 6.45) is 0. The van der Waals surface area contributed by atoms with Crippen molar-refractivity contribution in [2.75, 3.05) is 23.9 Å². The molecule has 0 bridgehead atoms. The number of rotatable bonds is 4. The van der Waals surface area contributed by atoms with Gasteiger partial charge in [-0.25, -0.2) is 0 Å². The Morgan fingerprint density at radius 1 is 1.13 bits per heavy atom. The maximum absolute atomic E-state index is 7.83. The number of hydrogen-bond acceptors (Lipinski definition) is 2. The van der Waals surface area contributed by atoms with Crippen LogP contribution in [0.25, 0.3) is 0 Å². The van der Waals surface area contributed by atoms with Crippen LogP contribution in [-0.4, -0.2) is 37.3 Å². The molecule has 0 amide bonds. The van der Waals surface area contributed by atoms with Crippen molar-refractivity contribution in [1.29, 1.82) is 0 Å². The molecule has 94 valence electrons. The highest BCUT2D eigenvalue weighted by atomic mass is 79.9. The topological polar surface area (TPSA) is 29.5 Å². The maximum Gasteiger partial charge on any atom is 0.192 e. The van der Waals surface area contributed by atoms with Crippen LogP contribution in [0.2, 0.25) is 18.1 Å². The van der Waals surface area contributed by atoms with E-state index in [9.17, 15) is 0 Å². The molecule has 0 spiro atoms. The lowest BCUT2D eigenvalue weighted by Gasteiger charge is -2.35. The third-order valence-corrected chi connectivity index (χ3v) is 7.65. The highest BCUT2D eigenvalue weighted by Crippen LogP contribution is 2.36. The first-order valence-corrected chi connectivity index (χ1v) is 10.2. The van der Waals surface area contributed by atoms with Crippen LogP contribution in [-0.2, 0) is 4.43 Å². The van der Waals surface area contributed by atoms with Crippen molar-refractivity contribution in [3.05, 3.63) is 0 Å². The molecule has 0 fully saturated rings.